The van der Waals surface area contributed by atoms with Gasteiger partial charge in [0.05, 0.1) is 25.6 Å². The summed E-state index contributed by atoms with van der Waals surface area (Å²) >= 11 is 0. The predicted molar refractivity (Wildman–Crippen MR) is 97.4 cm³/mol. The Kier molecular flexibility index (Phi) is 5.47. The smallest absolute Gasteiger partial charge is 0.251 e. The number of ether oxygens (including phenoxy) is 2. The fourth-order valence-electron chi connectivity index (χ4n) is 2.28. The van der Waals surface area contributed by atoms with E-state index in [1.165, 1.54) is 0 Å². The average molecular weight is 326 g/mol. The second kappa shape index (κ2) is 7.55. The molecule has 0 aliphatic carbocycles. The van der Waals surface area contributed by atoms with E-state index >= 15 is 0 Å². The number of methoxy groups -OCH3 is 2. The molecule has 5 heteroatoms. The Morgan fingerprint density at radius 3 is 2.42 bits per heavy atom. The molecular formula is C19H22N2O3. The molecule has 126 valence electrons. The molecule has 3 N–H and O–H groups in total. The minimum Gasteiger partial charge on any atom is -0.493 e. The van der Waals surface area contributed by atoms with Crippen molar-refractivity contribution in [2.24, 2.45) is 0 Å². The minimum absolute atomic E-state index is 0.208. The molecule has 0 fully saturated rings. The highest BCUT2D eigenvalue weighted by atomic mass is 16.5. The zero-order valence-electron chi connectivity index (χ0n) is 14.3. The number of anilines is 2. The van der Waals surface area contributed by atoms with Crippen LogP contribution >= 0.6 is 0 Å². The van der Waals surface area contributed by atoms with Crippen LogP contribution in [0.2, 0.25) is 0 Å². The van der Waals surface area contributed by atoms with E-state index in [4.69, 9.17) is 15.2 Å². The molecule has 0 bridgehead atoms. The van der Waals surface area contributed by atoms with E-state index < -0.39 is 0 Å². The summed E-state index contributed by atoms with van der Waals surface area (Å²) in [4.78, 5) is 12.3. The molecule has 0 aliphatic heterocycles. The molecule has 2 aromatic carbocycles. The maximum absolute atomic E-state index is 12.3. The molecule has 0 aliphatic rings. The lowest BCUT2D eigenvalue weighted by Gasteiger charge is -2.10. The van der Waals surface area contributed by atoms with E-state index in [0.29, 0.717) is 28.4 Å². The lowest BCUT2D eigenvalue weighted by atomic mass is 10.1. The topological polar surface area (TPSA) is 73.6 Å². The van der Waals surface area contributed by atoms with Crippen molar-refractivity contribution in [2.45, 2.75) is 13.8 Å². The van der Waals surface area contributed by atoms with Crippen LogP contribution in [0.3, 0.4) is 0 Å². The fourth-order valence-corrected chi connectivity index (χ4v) is 2.28. The third-order valence-electron chi connectivity index (χ3n) is 3.60. The molecule has 1 amide bonds. The number of amides is 1. The number of rotatable bonds is 5. The standard InChI is InChI=1S/C19H22N2O3/c1-12-5-7-16(15(20)9-12)21-19(22)13(2)10-14-6-8-17(23-3)18(11-14)24-4/h5-11H,20H2,1-4H3,(H,21,22)/b13-10+. The lowest BCUT2D eigenvalue weighted by molar-refractivity contribution is -0.112. The van der Waals surface area contributed by atoms with Crippen molar-refractivity contribution >= 4 is 23.4 Å². The highest BCUT2D eigenvalue weighted by Gasteiger charge is 2.09. The van der Waals surface area contributed by atoms with E-state index in [0.717, 1.165) is 11.1 Å². The van der Waals surface area contributed by atoms with E-state index in [9.17, 15) is 4.79 Å². The Balaban J connectivity index is 2.19. The van der Waals surface area contributed by atoms with Gasteiger partial charge in [0.15, 0.2) is 11.5 Å². The molecule has 0 spiro atoms. The predicted octanol–water partition coefficient (Wildman–Crippen LogP) is 3.64. The summed E-state index contributed by atoms with van der Waals surface area (Å²) < 4.78 is 10.5. The van der Waals surface area contributed by atoms with Gasteiger partial charge in [-0.2, -0.15) is 0 Å². The zero-order chi connectivity index (χ0) is 17.7. The van der Waals surface area contributed by atoms with Crippen molar-refractivity contribution < 1.29 is 14.3 Å². The monoisotopic (exact) mass is 326 g/mol. The van der Waals surface area contributed by atoms with Crippen LogP contribution in [0.5, 0.6) is 11.5 Å². The van der Waals surface area contributed by atoms with Crippen LogP contribution in [0.1, 0.15) is 18.1 Å². The summed E-state index contributed by atoms with van der Waals surface area (Å²) in [6.07, 6.45) is 1.78. The Hall–Kier alpha value is -2.95. The number of nitrogens with one attached hydrogen (secondary N) is 1. The minimum atomic E-state index is -0.208. The molecule has 5 nitrogen and oxygen atoms in total. The van der Waals surface area contributed by atoms with Gasteiger partial charge in [-0.15, -0.1) is 0 Å². The summed E-state index contributed by atoms with van der Waals surface area (Å²) in [6, 6.07) is 11.0. The van der Waals surface area contributed by atoms with Gasteiger partial charge in [0.2, 0.25) is 0 Å². The average Bonchev–Trinajstić information content (AvgIpc) is 2.57. The van der Waals surface area contributed by atoms with E-state index in [2.05, 4.69) is 5.32 Å². The SMILES string of the molecule is COc1ccc(/C=C(\C)C(=O)Nc2ccc(C)cc2N)cc1OC. The molecule has 0 radical (unpaired) electrons. The van der Waals surface area contributed by atoms with Crippen molar-refractivity contribution in [2.75, 3.05) is 25.3 Å². The first-order valence-corrected chi connectivity index (χ1v) is 7.52. The van der Waals surface area contributed by atoms with Crippen molar-refractivity contribution in [3.63, 3.8) is 0 Å². The molecule has 0 saturated heterocycles. The molecule has 24 heavy (non-hydrogen) atoms. The van der Waals surface area contributed by atoms with E-state index in [1.807, 2.05) is 31.2 Å². The van der Waals surface area contributed by atoms with Gasteiger partial charge >= 0.3 is 0 Å². The van der Waals surface area contributed by atoms with Gasteiger partial charge in [-0.25, -0.2) is 0 Å². The Morgan fingerprint density at radius 1 is 1.08 bits per heavy atom. The van der Waals surface area contributed by atoms with Crippen LogP contribution in [0, 0.1) is 6.92 Å². The van der Waals surface area contributed by atoms with Crippen LogP contribution in [0.15, 0.2) is 42.0 Å². The first kappa shape index (κ1) is 17.4. The van der Waals surface area contributed by atoms with Crippen LogP contribution in [-0.4, -0.2) is 20.1 Å². The Morgan fingerprint density at radius 2 is 1.79 bits per heavy atom. The van der Waals surface area contributed by atoms with Crippen molar-refractivity contribution in [3.05, 3.63) is 53.1 Å². The van der Waals surface area contributed by atoms with Gasteiger partial charge in [0.1, 0.15) is 0 Å². The Bertz CT molecular complexity index is 782. The molecule has 0 aromatic heterocycles. The number of hydrogen-bond donors (Lipinski definition) is 2. The maximum Gasteiger partial charge on any atom is 0.251 e. The molecule has 0 atom stereocenters. The number of nitrogen functional groups attached to an aromatic ring is 1. The molecule has 0 heterocycles. The second-order valence-electron chi connectivity index (χ2n) is 5.49. The van der Waals surface area contributed by atoms with Crippen LogP contribution < -0.4 is 20.5 Å². The molecular weight excluding hydrogens is 304 g/mol. The molecule has 2 rings (SSSR count). The normalized spacial score (nSPS) is 11.1. The lowest BCUT2D eigenvalue weighted by Crippen LogP contribution is -2.13. The quantitative estimate of drug-likeness (QED) is 0.650. The van der Waals surface area contributed by atoms with Gasteiger partial charge < -0.3 is 20.5 Å². The van der Waals surface area contributed by atoms with Gasteiger partial charge in [-0.3, -0.25) is 4.79 Å². The second-order valence-corrected chi connectivity index (χ2v) is 5.49. The fraction of sp³-hybridized carbons (Fsp3) is 0.211. The largest absolute Gasteiger partial charge is 0.493 e. The van der Waals surface area contributed by atoms with Crippen LogP contribution in [0.4, 0.5) is 11.4 Å². The van der Waals surface area contributed by atoms with Crippen molar-refractivity contribution in [3.8, 4) is 11.5 Å². The third kappa shape index (κ3) is 4.07. The summed E-state index contributed by atoms with van der Waals surface area (Å²) in [6.45, 7) is 3.70. The number of benzene rings is 2. The summed E-state index contributed by atoms with van der Waals surface area (Å²) in [5.41, 5.74) is 9.52. The summed E-state index contributed by atoms with van der Waals surface area (Å²) in [7, 11) is 3.16. The maximum atomic E-state index is 12.3. The Labute approximate surface area is 142 Å². The van der Waals surface area contributed by atoms with Crippen LogP contribution in [-0.2, 0) is 4.79 Å². The molecule has 0 saturated carbocycles. The summed E-state index contributed by atoms with van der Waals surface area (Å²) in [5, 5.41) is 2.82. The van der Waals surface area contributed by atoms with Crippen molar-refractivity contribution in [1.29, 1.82) is 0 Å². The summed E-state index contributed by atoms with van der Waals surface area (Å²) in [5.74, 6) is 1.05. The first-order chi connectivity index (χ1) is 11.4. The number of hydrogen-bond acceptors (Lipinski definition) is 4. The first-order valence-electron chi connectivity index (χ1n) is 7.52. The van der Waals surface area contributed by atoms with Gasteiger partial charge in [-0.05, 0) is 55.3 Å². The van der Waals surface area contributed by atoms with E-state index in [1.54, 1.807) is 39.4 Å². The zero-order valence-corrected chi connectivity index (χ0v) is 14.3. The van der Waals surface area contributed by atoms with Crippen LogP contribution in [0.25, 0.3) is 6.08 Å². The molecule has 2 aromatic rings. The van der Waals surface area contributed by atoms with Gasteiger partial charge in [0.25, 0.3) is 5.91 Å². The molecule has 0 unspecified atom stereocenters. The highest BCUT2D eigenvalue weighted by molar-refractivity contribution is 6.07. The van der Waals surface area contributed by atoms with E-state index in [-0.39, 0.29) is 5.91 Å². The number of carbonyl (C=O) groups is 1. The number of aryl methyl sites for hydroxylation is 1. The van der Waals surface area contributed by atoms with Gasteiger partial charge in [-0.1, -0.05) is 12.1 Å². The number of nitrogens with two attached hydrogens (primary N) is 1. The van der Waals surface area contributed by atoms with Gasteiger partial charge in [0, 0.05) is 5.57 Å². The van der Waals surface area contributed by atoms with Crippen molar-refractivity contribution in [1.82, 2.24) is 0 Å². The highest BCUT2D eigenvalue weighted by Crippen LogP contribution is 2.28. The third-order valence-corrected chi connectivity index (χ3v) is 3.60. The number of carbonyl (C=O) groups excluding carboxylic acids is 1.